The van der Waals surface area contributed by atoms with Gasteiger partial charge in [0.25, 0.3) is 0 Å². The van der Waals surface area contributed by atoms with E-state index in [1.165, 1.54) is 26.2 Å². The summed E-state index contributed by atoms with van der Waals surface area (Å²) in [5.74, 6) is -1.11. The molecule has 2 rings (SSSR count). The molecule has 1 aliphatic rings. The molecule has 232 valence electrons. The molecule has 6 heteroatoms. The zero-order chi connectivity index (χ0) is 32.1. The Morgan fingerprint density at radius 2 is 1.46 bits per heavy atom. The molecule has 0 N–H and O–H groups in total. The third kappa shape index (κ3) is 16.1. The first-order valence-electron chi connectivity index (χ1n) is 14.9. The van der Waals surface area contributed by atoms with Crippen LogP contribution in [0.5, 0.6) is 0 Å². The van der Waals surface area contributed by atoms with Crippen molar-refractivity contribution in [2.24, 2.45) is 5.92 Å². The highest BCUT2D eigenvalue weighted by molar-refractivity contribution is 5.94. The van der Waals surface area contributed by atoms with E-state index in [2.05, 4.69) is 33.9 Å². The van der Waals surface area contributed by atoms with Gasteiger partial charge in [0, 0.05) is 18.7 Å². The van der Waals surface area contributed by atoms with Crippen molar-refractivity contribution in [1.82, 2.24) is 4.90 Å². The zero-order valence-corrected chi connectivity index (χ0v) is 27.3. The lowest BCUT2D eigenvalue weighted by Gasteiger charge is -2.30. The maximum Gasteiger partial charge on any atom is 0.410 e. The molecule has 1 aromatic carbocycles. The Labute approximate surface area is 249 Å². The van der Waals surface area contributed by atoms with Gasteiger partial charge in [-0.1, -0.05) is 85.3 Å². The summed E-state index contributed by atoms with van der Waals surface area (Å²) < 4.78 is 33.0. The van der Waals surface area contributed by atoms with E-state index in [1.807, 2.05) is 34.6 Å². The van der Waals surface area contributed by atoms with Crippen LogP contribution in [0.4, 0.5) is 13.6 Å². The van der Waals surface area contributed by atoms with Gasteiger partial charge in [0.05, 0.1) is 11.7 Å². The molecular formula is C35H55F2NO3. The highest BCUT2D eigenvalue weighted by Crippen LogP contribution is 2.24. The predicted octanol–water partition coefficient (Wildman–Crippen LogP) is 10.7. The number of halogens is 2. The summed E-state index contributed by atoms with van der Waals surface area (Å²) >= 11 is 0. The number of Topliss-reactive ketones (excluding diaryl/α,β-unsaturated/α-hetero) is 1. The number of carbonyl (C=O) groups excluding carboxylic acids is 2. The molecule has 0 spiro atoms. The average molecular weight is 576 g/mol. The van der Waals surface area contributed by atoms with Crippen LogP contribution in [-0.2, 0) is 4.74 Å². The van der Waals surface area contributed by atoms with Gasteiger partial charge in [-0.05, 0) is 82.2 Å². The second-order valence-electron chi connectivity index (χ2n) is 10.2. The lowest BCUT2D eigenvalue weighted by Crippen LogP contribution is -2.39. The normalized spacial score (nSPS) is 13.8. The van der Waals surface area contributed by atoms with Crippen LogP contribution in [0.3, 0.4) is 0 Å². The standard InChI is InChI=1S/C18H18F2O.C10H19NO2.C5H12.C2H6/c1-6-11(3)14(7-2)8-12(4)15-9-18(20)16(13(5)21)10-17(15)19;1-8(2)13-10(12)11-6-4-9(3)5-7-11;1-3-5-4-2;1-2/h6-10H,1-2H2,3-5H3;8-9H,4-7H2,1-3H3;3-5H2,1-2H3;1-2H3/b12-8+,14-11-;;;. The van der Waals surface area contributed by atoms with Crippen molar-refractivity contribution in [3.63, 3.8) is 0 Å². The fourth-order valence-corrected chi connectivity index (χ4v) is 3.70. The van der Waals surface area contributed by atoms with Crippen molar-refractivity contribution in [2.45, 2.75) is 107 Å². The van der Waals surface area contributed by atoms with Crippen molar-refractivity contribution in [1.29, 1.82) is 0 Å². The molecule has 1 heterocycles. The zero-order valence-electron chi connectivity index (χ0n) is 27.3. The third-order valence-corrected chi connectivity index (χ3v) is 6.30. The number of carbonyl (C=O) groups is 2. The predicted molar refractivity (Wildman–Crippen MR) is 171 cm³/mol. The monoisotopic (exact) mass is 575 g/mol. The van der Waals surface area contributed by atoms with Gasteiger partial charge in [-0.3, -0.25) is 4.79 Å². The van der Waals surface area contributed by atoms with E-state index in [1.54, 1.807) is 30.1 Å². The number of hydrogen-bond donors (Lipinski definition) is 0. The van der Waals surface area contributed by atoms with Gasteiger partial charge in [-0.15, -0.1) is 0 Å². The summed E-state index contributed by atoms with van der Waals surface area (Å²) in [5.41, 5.74) is 2.07. The quantitative estimate of drug-likeness (QED) is 0.229. The SMILES string of the molecule is C=C/C(C)=C(C=C)\C=C(/C)c1cc(F)c(C(C)=O)cc1F.CC.CC1CCN(C(=O)OC(C)C)CC1.CCCCC. The largest absolute Gasteiger partial charge is 0.447 e. The van der Waals surface area contributed by atoms with Gasteiger partial charge in [-0.2, -0.15) is 0 Å². The minimum Gasteiger partial charge on any atom is -0.447 e. The number of piperidine rings is 1. The smallest absolute Gasteiger partial charge is 0.410 e. The molecule has 41 heavy (non-hydrogen) atoms. The van der Waals surface area contributed by atoms with E-state index < -0.39 is 17.4 Å². The first-order chi connectivity index (χ1) is 19.3. The number of allylic oxidation sites excluding steroid dienone is 6. The molecule has 0 radical (unpaired) electrons. The molecule has 0 bridgehead atoms. The summed E-state index contributed by atoms with van der Waals surface area (Å²) in [6.45, 7) is 28.2. The van der Waals surface area contributed by atoms with E-state index in [4.69, 9.17) is 4.74 Å². The van der Waals surface area contributed by atoms with Crippen molar-refractivity contribution >= 4 is 17.4 Å². The van der Waals surface area contributed by atoms with Crippen molar-refractivity contribution in [2.75, 3.05) is 13.1 Å². The van der Waals surface area contributed by atoms with Crippen molar-refractivity contribution in [3.05, 3.63) is 77.4 Å². The Kier molecular flexibility index (Phi) is 22.2. The molecule has 1 fully saturated rings. The Morgan fingerprint density at radius 1 is 0.976 bits per heavy atom. The molecule has 4 nitrogen and oxygen atoms in total. The maximum atomic E-state index is 14.1. The molecular weight excluding hydrogens is 520 g/mol. The topological polar surface area (TPSA) is 46.6 Å². The van der Waals surface area contributed by atoms with Crippen LogP contribution in [-0.4, -0.2) is 36.0 Å². The number of hydrogen-bond acceptors (Lipinski definition) is 3. The summed E-state index contributed by atoms with van der Waals surface area (Å²) in [5, 5.41) is 0. The van der Waals surface area contributed by atoms with Crippen LogP contribution in [0.2, 0.25) is 0 Å². The number of unbranched alkanes of at least 4 members (excludes halogenated alkanes) is 2. The molecule has 1 saturated heterocycles. The molecule has 1 amide bonds. The highest BCUT2D eigenvalue weighted by Gasteiger charge is 2.21. The Morgan fingerprint density at radius 3 is 1.85 bits per heavy atom. The van der Waals surface area contributed by atoms with Crippen LogP contribution in [0, 0.1) is 17.6 Å². The van der Waals surface area contributed by atoms with Crippen LogP contribution >= 0.6 is 0 Å². The van der Waals surface area contributed by atoms with Crippen molar-refractivity contribution in [3.8, 4) is 0 Å². The molecule has 0 unspecified atom stereocenters. The summed E-state index contributed by atoms with van der Waals surface area (Å²) in [4.78, 5) is 24.4. The average Bonchev–Trinajstić information content (AvgIpc) is 2.94. The first-order valence-corrected chi connectivity index (χ1v) is 14.9. The number of rotatable bonds is 8. The number of likely N-dealkylation sites (tertiary alicyclic amines) is 1. The van der Waals surface area contributed by atoms with E-state index >= 15 is 0 Å². The summed E-state index contributed by atoms with van der Waals surface area (Å²) in [6, 6.07) is 1.98. The van der Waals surface area contributed by atoms with Crippen LogP contribution in [0.1, 0.15) is 117 Å². The Bertz CT molecular complexity index is 1010. The fraction of sp³-hybridized carbons (Fsp3) is 0.543. The number of ether oxygens (including phenoxy) is 1. The van der Waals surface area contributed by atoms with Gasteiger partial charge >= 0.3 is 6.09 Å². The van der Waals surface area contributed by atoms with Gasteiger partial charge in [0.2, 0.25) is 0 Å². The molecule has 0 saturated carbocycles. The minimum atomic E-state index is -0.726. The van der Waals surface area contributed by atoms with E-state index in [-0.39, 0.29) is 23.3 Å². The number of nitrogens with zero attached hydrogens (tertiary/aromatic N) is 1. The molecule has 1 aromatic rings. The molecule has 0 aliphatic carbocycles. The lowest BCUT2D eigenvalue weighted by molar-refractivity contribution is 0.0665. The second-order valence-corrected chi connectivity index (χ2v) is 10.2. The molecule has 0 aromatic heterocycles. The Hall–Kier alpha value is -3.02. The van der Waals surface area contributed by atoms with Crippen LogP contribution < -0.4 is 0 Å². The lowest BCUT2D eigenvalue weighted by atomic mass is 9.99. The van der Waals surface area contributed by atoms with Crippen LogP contribution in [0.15, 0.2) is 54.7 Å². The summed E-state index contributed by atoms with van der Waals surface area (Å²) in [6.07, 6.45) is 11.1. The van der Waals surface area contributed by atoms with E-state index in [0.717, 1.165) is 55.1 Å². The van der Waals surface area contributed by atoms with Gasteiger partial charge in [0.15, 0.2) is 5.78 Å². The van der Waals surface area contributed by atoms with E-state index in [9.17, 15) is 18.4 Å². The molecule has 1 aliphatic heterocycles. The fourth-order valence-electron chi connectivity index (χ4n) is 3.70. The highest BCUT2D eigenvalue weighted by atomic mass is 19.1. The number of benzene rings is 1. The van der Waals surface area contributed by atoms with E-state index in [0.29, 0.717) is 5.57 Å². The molecule has 0 atom stereocenters. The van der Waals surface area contributed by atoms with Gasteiger partial charge < -0.3 is 9.64 Å². The van der Waals surface area contributed by atoms with Gasteiger partial charge in [0.1, 0.15) is 11.6 Å². The Balaban J connectivity index is 0. The third-order valence-electron chi connectivity index (χ3n) is 6.30. The minimum absolute atomic E-state index is 0.00755. The van der Waals surface area contributed by atoms with Gasteiger partial charge in [-0.25, -0.2) is 13.6 Å². The maximum absolute atomic E-state index is 14.1. The number of amides is 1. The number of ketones is 1. The second kappa shape index (κ2) is 22.6. The first kappa shape index (κ1) is 40.1. The summed E-state index contributed by atoms with van der Waals surface area (Å²) in [7, 11) is 0. The van der Waals surface area contributed by atoms with Crippen LogP contribution in [0.25, 0.3) is 5.57 Å². The van der Waals surface area contributed by atoms with Crippen molar-refractivity contribution < 1.29 is 23.1 Å².